The van der Waals surface area contributed by atoms with Crippen molar-refractivity contribution in [3.05, 3.63) is 58.3 Å². The summed E-state index contributed by atoms with van der Waals surface area (Å²) in [4.78, 5) is 22.7. The van der Waals surface area contributed by atoms with E-state index in [9.17, 15) is 9.59 Å². The number of hydrogen-bond acceptors (Lipinski definition) is 4. The molecule has 5 nitrogen and oxygen atoms in total. The fourth-order valence-corrected chi connectivity index (χ4v) is 2.31. The molecule has 0 fully saturated rings. The van der Waals surface area contributed by atoms with Crippen molar-refractivity contribution in [1.29, 1.82) is 0 Å². The Hall–Kier alpha value is -2.60. The molecule has 1 heterocycles. The molecule has 2 N–H and O–H groups in total. The molecule has 22 heavy (non-hydrogen) atoms. The summed E-state index contributed by atoms with van der Waals surface area (Å²) in [5.41, 5.74) is 2.61. The van der Waals surface area contributed by atoms with Crippen LogP contribution in [0.2, 0.25) is 0 Å². The number of carbonyl (C=O) groups is 2. The number of methoxy groups -OCH3 is 1. The molecule has 114 valence electrons. The highest BCUT2D eigenvalue weighted by Gasteiger charge is 2.01. The molecule has 2 amide bonds. The Morgan fingerprint density at radius 1 is 1.23 bits per heavy atom. The predicted octanol–water partition coefficient (Wildman–Crippen LogP) is 3.26. The second kappa shape index (κ2) is 7.99. The number of amides is 2. The van der Waals surface area contributed by atoms with Gasteiger partial charge in [-0.3, -0.25) is 4.79 Å². The highest BCUT2D eigenvalue weighted by Crippen LogP contribution is 2.11. The van der Waals surface area contributed by atoms with Gasteiger partial charge in [0.2, 0.25) is 5.91 Å². The van der Waals surface area contributed by atoms with Crippen LogP contribution in [-0.2, 0) is 16.1 Å². The van der Waals surface area contributed by atoms with Crippen molar-refractivity contribution in [3.63, 3.8) is 0 Å². The lowest BCUT2D eigenvalue weighted by atomic mass is 10.2. The molecule has 0 saturated heterocycles. The van der Waals surface area contributed by atoms with Gasteiger partial charge in [0.1, 0.15) is 0 Å². The molecule has 0 atom stereocenters. The first-order valence-electron chi connectivity index (χ1n) is 6.59. The summed E-state index contributed by atoms with van der Waals surface area (Å²) in [5, 5.41) is 9.28. The Labute approximate surface area is 132 Å². The summed E-state index contributed by atoms with van der Waals surface area (Å²) in [6.45, 7) is 0.374. The largest absolute Gasteiger partial charge is 0.453 e. The van der Waals surface area contributed by atoms with Crippen molar-refractivity contribution in [2.24, 2.45) is 0 Å². The molecule has 0 bridgehead atoms. The van der Waals surface area contributed by atoms with Crippen molar-refractivity contribution in [2.75, 3.05) is 12.4 Å². The van der Waals surface area contributed by atoms with Crippen molar-refractivity contribution in [1.82, 2.24) is 5.32 Å². The van der Waals surface area contributed by atoms with E-state index >= 15 is 0 Å². The Morgan fingerprint density at radius 2 is 2.00 bits per heavy atom. The highest BCUT2D eigenvalue weighted by atomic mass is 32.1. The van der Waals surface area contributed by atoms with Crippen LogP contribution in [0, 0.1) is 0 Å². The van der Waals surface area contributed by atoms with E-state index < -0.39 is 6.09 Å². The summed E-state index contributed by atoms with van der Waals surface area (Å²) in [6.07, 6.45) is 2.78. The number of thiophene rings is 1. The first kappa shape index (κ1) is 15.8. The van der Waals surface area contributed by atoms with Crippen LogP contribution in [0.25, 0.3) is 6.08 Å². The fraction of sp³-hybridized carbons (Fsp3) is 0.125. The molecule has 0 unspecified atom stereocenters. The van der Waals surface area contributed by atoms with Gasteiger partial charge in [-0.1, -0.05) is 12.1 Å². The fourth-order valence-electron chi connectivity index (χ4n) is 1.68. The third-order valence-corrected chi connectivity index (χ3v) is 3.52. The monoisotopic (exact) mass is 316 g/mol. The zero-order valence-corrected chi connectivity index (χ0v) is 12.9. The number of rotatable bonds is 5. The van der Waals surface area contributed by atoms with Crippen LogP contribution >= 0.6 is 11.3 Å². The van der Waals surface area contributed by atoms with Crippen molar-refractivity contribution in [3.8, 4) is 0 Å². The molecule has 1 aromatic carbocycles. The normalized spacial score (nSPS) is 10.4. The highest BCUT2D eigenvalue weighted by molar-refractivity contribution is 7.08. The minimum absolute atomic E-state index is 0.188. The van der Waals surface area contributed by atoms with Gasteiger partial charge in [0, 0.05) is 18.3 Å². The molecule has 0 aliphatic heterocycles. The SMILES string of the molecule is COC(=O)NCc1ccc(NC(=O)/C=C\c2ccsc2)cc1. The molecule has 0 spiro atoms. The zero-order chi connectivity index (χ0) is 15.8. The van der Waals surface area contributed by atoms with Crippen LogP contribution in [0.4, 0.5) is 10.5 Å². The zero-order valence-electron chi connectivity index (χ0n) is 12.0. The van der Waals surface area contributed by atoms with E-state index in [1.807, 2.05) is 29.0 Å². The average Bonchev–Trinajstić information content (AvgIpc) is 3.05. The van der Waals surface area contributed by atoms with E-state index in [4.69, 9.17) is 0 Å². The summed E-state index contributed by atoms with van der Waals surface area (Å²) in [6, 6.07) is 9.16. The molecule has 0 saturated carbocycles. The second-order valence-corrected chi connectivity index (χ2v) is 5.20. The first-order chi connectivity index (χ1) is 10.7. The number of alkyl carbamates (subject to hydrolysis) is 1. The number of ether oxygens (including phenoxy) is 1. The van der Waals surface area contributed by atoms with Crippen molar-refractivity contribution >= 4 is 35.1 Å². The Balaban J connectivity index is 1.85. The van der Waals surface area contributed by atoms with Crippen LogP contribution in [0.3, 0.4) is 0 Å². The van der Waals surface area contributed by atoms with Crippen LogP contribution < -0.4 is 10.6 Å². The molecule has 2 rings (SSSR count). The van der Waals surface area contributed by atoms with Gasteiger partial charge in [-0.05, 0) is 46.2 Å². The molecule has 0 aliphatic carbocycles. The second-order valence-electron chi connectivity index (χ2n) is 4.42. The summed E-state index contributed by atoms with van der Waals surface area (Å²) >= 11 is 1.58. The van der Waals surface area contributed by atoms with Gasteiger partial charge in [0.25, 0.3) is 0 Å². The van der Waals surface area contributed by atoms with Gasteiger partial charge < -0.3 is 15.4 Å². The van der Waals surface area contributed by atoms with Gasteiger partial charge in [0.05, 0.1) is 7.11 Å². The Kier molecular flexibility index (Phi) is 5.73. The predicted molar refractivity (Wildman–Crippen MR) is 87.7 cm³/mol. The lowest BCUT2D eigenvalue weighted by molar-refractivity contribution is -0.111. The lowest BCUT2D eigenvalue weighted by Crippen LogP contribution is -2.22. The van der Waals surface area contributed by atoms with Gasteiger partial charge in [-0.15, -0.1) is 0 Å². The maximum absolute atomic E-state index is 11.8. The molecule has 0 aliphatic rings. The molecular formula is C16H16N2O3S. The summed E-state index contributed by atoms with van der Waals surface area (Å²) in [7, 11) is 1.32. The van der Waals surface area contributed by atoms with Gasteiger partial charge in [0.15, 0.2) is 0 Å². The quantitative estimate of drug-likeness (QED) is 0.832. The third-order valence-electron chi connectivity index (χ3n) is 2.81. The maximum Gasteiger partial charge on any atom is 0.407 e. The van der Waals surface area contributed by atoms with Crippen LogP contribution in [0.1, 0.15) is 11.1 Å². The minimum Gasteiger partial charge on any atom is -0.453 e. The van der Waals surface area contributed by atoms with E-state index in [1.165, 1.54) is 13.2 Å². The number of carbonyl (C=O) groups excluding carboxylic acids is 2. The van der Waals surface area contributed by atoms with Crippen LogP contribution in [0.15, 0.2) is 47.2 Å². The molecular weight excluding hydrogens is 300 g/mol. The van der Waals surface area contributed by atoms with Gasteiger partial charge in [-0.2, -0.15) is 11.3 Å². The minimum atomic E-state index is -0.476. The number of nitrogens with one attached hydrogen (secondary N) is 2. The van der Waals surface area contributed by atoms with E-state index in [2.05, 4.69) is 15.4 Å². The lowest BCUT2D eigenvalue weighted by Gasteiger charge is -2.06. The molecule has 0 radical (unpaired) electrons. The van der Waals surface area contributed by atoms with E-state index in [1.54, 1.807) is 29.5 Å². The van der Waals surface area contributed by atoms with Gasteiger partial charge in [-0.25, -0.2) is 4.79 Å². The van der Waals surface area contributed by atoms with E-state index in [0.29, 0.717) is 12.2 Å². The smallest absolute Gasteiger partial charge is 0.407 e. The van der Waals surface area contributed by atoms with Crippen molar-refractivity contribution in [2.45, 2.75) is 6.54 Å². The molecule has 6 heteroatoms. The standard InChI is InChI=1S/C16H16N2O3S/c1-21-16(20)17-10-12-2-5-14(6-3-12)18-15(19)7-4-13-8-9-22-11-13/h2-9,11H,10H2,1H3,(H,17,20)(H,18,19)/b7-4-. The van der Waals surface area contributed by atoms with Crippen molar-refractivity contribution < 1.29 is 14.3 Å². The first-order valence-corrected chi connectivity index (χ1v) is 7.53. The van der Waals surface area contributed by atoms with Crippen LogP contribution in [0.5, 0.6) is 0 Å². The number of benzene rings is 1. The molecule has 2 aromatic rings. The number of hydrogen-bond donors (Lipinski definition) is 2. The number of anilines is 1. The maximum atomic E-state index is 11.8. The average molecular weight is 316 g/mol. The van der Waals surface area contributed by atoms with E-state index in [-0.39, 0.29) is 5.91 Å². The molecule has 1 aromatic heterocycles. The van der Waals surface area contributed by atoms with Gasteiger partial charge >= 0.3 is 6.09 Å². The summed E-state index contributed by atoms with van der Waals surface area (Å²) < 4.78 is 4.49. The van der Waals surface area contributed by atoms with E-state index in [0.717, 1.165) is 11.1 Å². The Morgan fingerprint density at radius 3 is 2.64 bits per heavy atom. The third kappa shape index (κ3) is 5.06. The summed E-state index contributed by atoms with van der Waals surface area (Å²) in [5.74, 6) is -0.188. The Bertz CT molecular complexity index is 649. The topological polar surface area (TPSA) is 67.4 Å². The van der Waals surface area contributed by atoms with Crippen LogP contribution in [-0.4, -0.2) is 19.1 Å².